The van der Waals surface area contributed by atoms with Gasteiger partial charge in [0.2, 0.25) is 5.91 Å². The van der Waals surface area contributed by atoms with Crippen LogP contribution in [-0.2, 0) is 11.3 Å². The summed E-state index contributed by atoms with van der Waals surface area (Å²) in [5.41, 5.74) is 3.07. The summed E-state index contributed by atoms with van der Waals surface area (Å²) in [4.78, 5) is 14.5. The van der Waals surface area contributed by atoms with Gasteiger partial charge in [0.1, 0.15) is 5.82 Å². The molecule has 7 nitrogen and oxygen atoms in total. The topological polar surface area (TPSA) is 68.6 Å². The molecule has 3 rings (SSSR count). The number of carbonyl (C=O) groups excluding carboxylic acids is 1. The summed E-state index contributed by atoms with van der Waals surface area (Å²) in [5, 5.41) is 7.21. The van der Waals surface area contributed by atoms with Crippen LogP contribution in [0.3, 0.4) is 0 Å². The van der Waals surface area contributed by atoms with Crippen LogP contribution in [0.15, 0.2) is 60.8 Å². The van der Waals surface area contributed by atoms with E-state index in [0.29, 0.717) is 30.5 Å². The molecule has 0 spiro atoms. The van der Waals surface area contributed by atoms with E-state index in [-0.39, 0.29) is 5.91 Å². The van der Waals surface area contributed by atoms with Gasteiger partial charge in [0.05, 0.1) is 26.5 Å². The highest BCUT2D eigenvalue weighted by atomic mass is 16.5. The van der Waals surface area contributed by atoms with E-state index in [1.54, 1.807) is 30.1 Å². The van der Waals surface area contributed by atoms with E-state index >= 15 is 0 Å². The fourth-order valence-corrected chi connectivity index (χ4v) is 3.04. The van der Waals surface area contributed by atoms with Crippen LogP contribution < -0.4 is 19.7 Å². The van der Waals surface area contributed by atoms with Crippen molar-refractivity contribution in [2.75, 3.05) is 38.0 Å². The quantitative estimate of drug-likeness (QED) is 0.529. The molecule has 0 saturated heterocycles. The molecule has 0 atom stereocenters. The Morgan fingerprint density at radius 2 is 1.90 bits per heavy atom. The fourth-order valence-electron chi connectivity index (χ4n) is 3.04. The van der Waals surface area contributed by atoms with Crippen LogP contribution in [-0.4, -0.2) is 43.5 Å². The Labute approximate surface area is 182 Å². The summed E-state index contributed by atoms with van der Waals surface area (Å²) >= 11 is 0. The van der Waals surface area contributed by atoms with E-state index in [9.17, 15) is 4.79 Å². The highest BCUT2D eigenvalue weighted by Crippen LogP contribution is 2.28. The van der Waals surface area contributed by atoms with E-state index in [4.69, 9.17) is 9.47 Å². The number of hydrogen-bond donors (Lipinski definition) is 1. The molecule has 1 amide bonds. The molecule has 0 fully saturated rings. The summed E-state index contributed by atoms with van der Waals surface area (Å²) in [6.45, 7) is 3.04. The molecule has 1 aromatic heterocycles. The summed E-state index contributed by atoms with van der Waals surface area (Å²) in [7, 11) is 5.60. The van der Waals surface area contributed by atoms with Crippen LogP contribution >= 0.6 is 0 Å². The maximum absolute atomic E-state index is 12.4. The predicted molar refractivity (Wildman–Crippen MR) is 124 cm³/mol. The normalized spacial score (nSPS) is 10.8. The van der Waals surface area contributed by atoms with Crippen molar-refractivity contribution in [2.24, 2.45) is 0 Å². The molecule has 1 N–H and O–H groups in total. The van der Waals surface area contributed by atoms with Gasteiger partial charge < -0.3 is 19.7 Å². The standard InChI is InChI=1S/C24H28N4O3/c1-5-31-21-12-8-18(16-22(21)30-4)9-13-24(29)26-23-14-15-25-28(23)17-19-6-10-20(11-7-19)27(2)3/h6-16H,5,17H2,1-4H3,(H,26,29)/b13-9+. The smallest absolute Gasteiger partial charge is 0.249 e. The van der Waals surface area contributed by atoms with E-state index in [1.807, 2.05) is 39.2 Å². The van der Waals surface area contributed by atoms with Crippen molar-refractivity contribution in [3.05, 3.63) is 71.9 Å². The Bertz CT molecular complexity index is 1040. The highest BCUT2D eigenvalue weighted by Gasteiger charge is 2.07. The van der Waals surface area contributed by atoms with Crippen molar-refractivity contribution in [3.63, 3.8) is 0 Å². The Hall–Kier alpha value is -3.74. The minimum absolute atomic E-state index is 0.238. The number of anilines is 2. The summed E-state index contributed by atoms with van der Waals surface area (Å²) in [6.07, 6.45) is 4.89. The molecule has 0 saturated carbocycles. The van der Waals surface area contributed by atoms with Crippen LogP contribution in [0.4, 0.5) is 11.5 Å². The zero-order valence-corrected chi connectivity index (χ0v) is 18.3. The third-order valence-electron chi connectivity index (χ3n) is 4.67. The SMILES string of the molecule is CCOc1ccc(/C=C/C(=O)Nc2ccnn2Cc2ccc(N(C)C)cc2)cc1OC. The molecule has 0 radical (unpaired) electrons. The lowest BCUT2D eigenvalue weighted by Gasteiger charge is -2.13. The van der Waals surface area contributed by atoms with Crippen LogP contribution in [0.1, 0.15) is 18.1 Å². The van der Waals surface area contributed by atoms with E-state index in [0.717, 1.165) is 16.8 Å². The molecule has 0 aliphatic carbocycles. The number of benzene rings is 2. The molecule has 2 aromatic carbocycles. The van der Waals surface area contributed by atoms with Gasteiger partial charge in [0, 0.05) is 31.9 Å². The Morgan fingerprint density at radius 3 is 2.58 bits per heavy atom. The van der Waals surface area contributed by atoms with E-state index in [1.165, 1.54) is 6.08 Å². The van der Waals surface area contributed by atoms with Gasteiger partial charge in [0.25, 0.3) is 0 Å². The summed E-state index contributed by atoms with van der Waals surface area (Å²) < 4.78 is 12.6. The largest absolute Gasteiger partial charge is 0.493 e. The maximum atomic E-state index is 12.4. The number of hydrogen-bond acceptors (Lipinski definition) is 5. The molecule has 0 bridgehead atoms. The van der Waals surface area contributed by atoms with Gasteiger partial charge in [-0.3, -0.25) is 4.79 Å². The van der Waals surface area contributed by atoms with Crippen molar-refractivity contribution in [3.8, 4) is 11.5 Å². The molecule has 1 heterocycles. The second kappa shape index (κ2) is 10.3. The number of amides is 1. The van der Waals surface area contributed by atoms with Gasteiger partial charge in [-0.05, 0) is 48.4 Å². The first kappa shape index (κ1) is 22.0. The number of aromatic nitrogens is 2. The van der Waals surface area contributed by atoms with Crippen LogP contribution in [0.25, 0.3) is 6.08 Å². The fraction of sp³-hybridized carbons (Fsp3) is 0.250. The summed E-state index contributed by atoms with van der Waals surface area (Å²) in [5.74, 6) is 1.70. The molecular weight excluding hydrogens is 392 g/mol. The highest BCUT2D eigenvalue weighted by molar-refractivity contribution is 6.01. The van der Waals surface area contributed by atoms with Crippen molar-refractivity contribution < 1.29 is 14.3 Å². The minimum atomic E-state index is -0.238. The zero-order chi connectivity index (χ0) is 22.2. The van der Waals surface area contributed by atoms with Crippen molar-refractivity contribution in [1.82, 2.24) is 9.78 Å². The molecule has 0 unspecified atom stereocenters. The van der Waals surface area contributed by atoms with Gasteiger partial charge in [-0.2, -0.15) is 5.10 Å². The molecule has 7 heteroatoms. The monoisotopic (exact) mass is 420 g/mol. The molecule has 162 valence electrons. The Kier molecular flexibility index (Phi) is 7.32. The molecule has 0 aliphatic heterocycles. The van der Waals surface area contributed by atoms with E-state index < -0.39 is 0 Å². The lowest BCUT2D eigenvalue weighted by Crippen LogP contribution is -2.14. The third kappa shape index (κ3) is 5.88. The third-order valence-corrected chi connectivity index (χ3v) is 4.67. The van der Waals surface area contributed by atoms with Gasteiger partial charge in [-0.25, -0.2) is 4.68 Å². The van der Waals surface area contributed by atoms with Gasteiger partial charge in [-0.15, -0.1) is 0 Å². The van der Waals surface area contributed by atoms with Gasteiger partial charge in [0.15, 0.2) is 11.5 Å². The number of ether oxygens (including phenoxy) is 2. The lowest BCUT2D eigenvalue weighted by molar-refractivity contribution is -0.111. The minimum Gasteiger partial charge on any atom is -0.493 e. The molecular formula is C24H28N4O3. The van der Waals surface area contributed by atoms with Gasteiger partial charge in [-0.1, -0.05) is 18.2 Å². The van der Waals surface area contributed by atoms with Crippen molar-refractivity contribution in [2.45, 2.75) is 13.5 Å². The van der Waals surface area contributed by atoms with Crippen LogP contribution in [0, 0.1) is 0 Å². The second-order valence-corrected chi connectivity index (χ2v) is 7.10. The molecule has 31 heavy (non-hydrogen) atoms. The summed E-state index contributed by atoms with van der Waals surface area (Å²) in [6, 6.07) is 15.5. The Morgan fingerprint density at radius 1 is 1.13 bits per heavy atom. The number of carbonyl (C=O) groups is 1. The number of rotatable bonds is 9. The predicted octanol–water partition coefficient (Wildman–Crippen LogP) is 4.06. The average molecular weight is 421 g/mol. The average Bonchev–Trinajstić information content (AvgIpc) is 3.19. The zero-order valence-electron chi connectivity index (χ0n) is 18.3. The van der Waals surface area contributed by atoms with E-state index in [2.05, 4.69) is 39.6 Å². The lowest BCUT2D eigenvalue weighted by atomic mass is 10.2. The first-order valence-electron chi connectivity index (χ1n) is 10.1. The van der Waals surface area contributed by atoms with Crippen LogP contribution in [0.2, 0.25) is 0 Å². The number of nitrogens with zero attached hydrogens (tertiary/aromatic N) is 3. The molecule has 3 aromatic rings. The number of methoxy groups -OCH3 is 1. The Balaban J connectivity index is 1.64. The first-order chi connectivity index (χ1) is 15.0. The molecule has 0 aliphatic rings. The second-order valence-electron chi connectivity index (χ2n) is 7.10. The maximum Gasteiger partial charge on any atom is 0.249 e. The van der Waals surface area contributed by atoms with Gasteiger partial charge >= 0.3 is 0 Å². The van der Waals surface area contributed by atoms with Crippen molar-refractivity contribution in [1.29, 1.82) is 0 Å². The first-order valence-corrected chi connectivity index (χ1v) is 10.1. The number of nitrogens with one attached hydrogen (secondary N) is 1. The van der Waals surface area contributed by atoms with Crippen LogP contribution in [0.5, 0.6) is 11.5 Å². The van der Waals surface area contributed by atoms with Crippen molar-refractivity contribution >= 4 is 23.5 Å².